The molecule has 0 aliphatic rings. The first-order chi connectivity index (χ1) is 5.25. The van der Waals surface area contributed by atoms with Crippen LogP contribution in [0.2, 0.25) is 0 Å². The standard InChI is InChI=1S/C9H12N.Ti/c1-8-6-4-5-7-9(8)10(2)3;/h4-7H,1H2,2-3H3;. The van der Waals surface area contributed by atoms with Gasteiger partial charge in [-0.3, -0.25) is 0 Å². The second-order valence-corrected chi connectivity index (χ2v) is 3.25. The van der Waals surface area contributed by atoms with E-state index in [4.69, 9.17) is 0 Å². The average Bonchev–Trinajstić information content (AvgIpc) is 2.04. The minimum atomic E-state index is 1.11. The van der Waals surface area contributed by atoms with Crippen molar-refractivity contribution in [2.45, 2.75) is 4.73 Å². The molecule has 0 heterocycles. The molecule has 0 fully saturated rings. The van der Waals surface area contributed by atoms with Crippen LogP contribution in [0.1, 0.15) is 5.56 Å². The van der Waals surface area contributed by atoms with Crippen molar-refractivity contribution in [3.05, 3.63) is 29.8 Å². The molecular weight excluding hydrogens is 170 g/mol. The van der Waals surface area contributed by atoms with Crippen LogP contribution in [0, 0.1) is 0 Å². The van der Waals surface area contributed by atoms with E-state index in [2.05, 4.69) is 63.7 Å². The molecule has 1 nitrogen and oxygen atoms in total. The summed E-state index contributed by atoms with van der Waals surface area (Å²) in [6, 6.07) is 8.49. The molecule has 57 valence electrons. The van der Waals surface area contributed by atoms with E-state index >= 15 is 0 Å². The van der Waals surface area contributed by atoms with Crippen molar-refractivity contribution < 1.29 is 20.4 Å². The van der Waals surface area contributed by atoms with Gasteiger partial charge in [0.15, 0.2) is 0 Å². The summed E-state index contributed by atoms with van der Waals surface area (Å²) in [6.07, 6.45) is 0. The van der Waals surface area contributed by atoms with Gasteiger partial charge in [-0.1, -0.05) is 0 Å². The molecule has 0 unspecified atom stereocenters. The van der Waals surface area contributed by atoms with Gasteiger partial charge in [0, 0.05) is 0 Å². The van der Waals surface area contributed by atoms with Gasteiger partial charge in [-0.05, 0) is 0 Å². The number of benzene rings is 1. The number of nitrogens with zero attached hydrogens (tertiary/aromatic N) is 1. The van der Waals surface area contributed by atoms with Gasteiger partial charge < -0.3 is 0 Å². The van der Waals surface area contributed by atoms with E-state index in [1.54, 1.807) is 0 Å². The van der Waals surface area contributed by atoms with Crippen LogP contribution in [0.5, 0.6) is 0 Å². The Kier molecular flexibility index (Phi) is 3.16. The molecule has 0 N–H and O–H groups in total. The van der Waals surface area contributed by atoms with Gasteiger partial charge in [0.05, 0.1) is 0 Å². The first-order valence-electron chi connectivity index (χ1n) is 3.65. The molecule has 0 aliphatic carbocycles. The normalized spacial score (nSPS) is 9.55. The Morgan fingerprint density at radius 3 is 2.36 bits per heavy atom. The Hall–Kier alpha value is -0.266. The summed E-state index contributed by atoms with van der Waals surface area (Å²) >= 11 is 2.18. The molecule has 1 aromatic carbocycles. The fourth-order valence-electron chi connectivity index (χ4n) is 1.10. The first-order valence-corrected chi connectivity index (χ1v) is 4.76. The molecule has 0 aliphatic heterocycles. The maximum absolute atomic E-state index is 2.18. The number of anilines is 1. The van der Waals surface area contributed by atoms with E-state index in [1.807, 2.05) is 0 Å². The second-order valence-electron chi connectivity index (χ2n) is 2.70. The van der Waals surface area contributed by atoms with Crippen LogP contribution in [0.4, 0.5) is 5.69 Å². The summed E-state index contributed by atoms with van der Waals surface area (Å²) in [5.74, 6) is 0. The molecule has 0 radical (unpaired) electrons. The number of para-hydroxylation sites is 1. The molecule has 11 heavy (non-hydrogen) atoms. The minimum absolute atomic E-state index is 1.11. The quantitative estimate of drug-likeness (QED) is 0.630. The van der Waals surface area contributed by atoms with Crippen molar-refractivity contribution in [3.8, 4) is 0 Å². The number of hydrogen-bond acceptors (Lipinski definition) is 1. The van der Waals surface area contributed by atoms with Crippen molar-refractivity contribution in [1.82, 2.24) is 0 Å². The van der Waals surface area contributed by atoms with Gasteiger partial charge in [0.1, 0.15) is 0 Å². The van der Waals surface area contributed by atoms with Gasteiger partial charge in [0.2, 0.25) is 0 Å². The third-order valence-corrected chi connectivity index (χ3v) is 2.26. The summed E-state index contributed by atoms with van der Waals surface area (Å²) in [6.45, 7) is 0. The van der Waals surface area contributed by atoms with Crippen molar-refractivity contribution in [2.75, 3.05) is 19.0 Å². The summed E-state index contributed by atoms with van der Waals surface area (Å²) in [5, 5.41) is 0. The van der Waals surface area contributed by atoms with E-state index in [0.717, 1.165) is 4.73 Å². The van der Waals surface area contributed by atoms with Crippen LogP contribution < -0.4 is 4.90 Å². The van der Waals surface area contributed by atoms with Crippen molar-refractivity contribution >= 4 is 5.69 Å². The van der Waals surface area contributed by atoms with E-state index in [-0.39, 0.29) is 0 Å². The van der Waals surface area contributed by atoms with E-state index in [1.165, 1.54) is 11.3 Å². The maximum atomic E-state index is 2.18. The van der Waals surface area contributed by atoms with Crippen molar-refractivity contribution in [2.24, 2.45) is 0 Å². The van der Waals surface area contributed by atoms with Crippen LogP contribution in [0.3, 0.4) is 0 Å². The van der Waals surface area contributed by atoms with Crippen LogP contribution in [0.15, 0.2) is 24.3 Å². The van der Waals surface area contributed by atoms with Gasteiger partial charge in [-0.25, -0.2) is 0 Å². The summed E-state index contributed by atoms with van der Waals surface area (Å²) in [4.78, 5) is 2.15. The molecule has 0 aromatic heterocycles. The van der Waals surface area contributed by atoms with Gasteiger partial charge in [-0.2, -0.15) is 0 Å². The topological polar surface area (TPSA) is 3.24 Å². The Morgan fingerprint density at radius 1 is 1.27 bits per heavy atom. The van der Waals surface area contributed by atoms with Gasteiger partial charge in [-0.15, -0.1) is 0 Å². The molecule has 1 rings (SSSR count). The van der Waals surface area contributed by atoms with Crippen LogP contribution in [-0.4, -0.2) is 14.1 Å². The molecule has 0 amide bonds. The molecule has 0 atom stereocenters. The molecule has 2 heteroatoms. The second kappa shape index (κ2) is 3.94. The molecule has 0 saturated heterocycles. The van der Waals surface area contributed by atoms with E-state index in [9.17, 15) is 0 Å². The Bertz CT molecular complexity index is 233. The van der Waals surface area contributed by atoms with Crippen molar-refractivity contribution in [1.29, 1.82) is 0 Å². The molecule has 0 bridgehead atoms. The van der Waals surface area contributed by atoms with Crippen molar-refractivity contribution in [3.63, 3.8) is 0 Å². The zero-order chi connectivity index (χ0) is 8.27. The van der Waals surface area contributed by atoms with Crippen LogP contribution in [-0.2, 0) is 25.2 Å². The molecular formula is C9H12NTi. The zero-order valence-electron chi connectivity index (χ0n) is 6.96. The Labute approximate surface area is 79.8 Å². The fourth-order valence-corrected chi connectivity index (χ4v) is 1.56. The summed E-state index contributed by atoms with van der Waals surface area (Å²) < 4.78 is 1.11. The number of hydrogen-bond donors (Lipinski definition) is 0. The van der Waals surface area contributed by atoms with E-state index < -0.39 is 0 Å². The van der Waals surface area contributed by atoms with Gasteiger partial charge >= 0.3 is 79.7 Å². The predicted octanol–water partition coefficient (Wildman–Crippen LogP) is 1.80. The summed E-state index contributed by atoms with van der Waals surface area (Å²) in [5.41, 5.74) is 2.74. The summed E-state index contributed by atoms with van der Waals surface area (Å²) in [7, 11) is 4.16. The van der Waals surface area contributed by atoms with Crippen LogP contribution >= 0.6 is 0 Å². The Morgan fingerprint density at radius 2 is 1.91 bits per heavy atom. The first kappa shape index (κ1) is 8.83. The van der Waals surface area contributed by atoms with Gasteiger partial charge in [0.25, 0.3) is 0 Å². The fraction of sp³-hybridized carbons (Fsp3) is 0.333. The molecule has 0 saturated carbocycles. The Balaban J connectivity index is 3.02. The molecule has 0 spiro atoms. The SMILES string of the molecule is CN(C)c1ccccc1[CH2][Ti]. The average molecular weight is 182 g/mol. The van der Waals surface area contributed by atoms with E-state index in [0.29, 0.717) is 0 Å². The number of rotatable bonds is 2. The predicted molar refractivity (Wildman–Crippen MR) is 44.5 cm³/mol. The monoisotopic (exact) mass is 182 g/mol. The third-order valence-electron chi connectivity index (χ3n) is 1.66. The molecule has 1 aromatic rings. The third kappa shape index (κ3) is 2.08. The van der Waals surface area contributed by atoms with Crippen LogP contribution in [0.25, 0.3) is 0 Å². The zero-order valence-corrected chi connectivity index (χ0v) is 8.53.